The molecule has 2 aromatic carbocycles. The summed E-state index contributed by atoms with van der Waals surface area (Å²) in [5, 5.41) is 2.25. The van der Waals surface area contributed by atoms with Gasteiger partial charge in [-0.15, -0.1) is 11.3 Å². The fraction of sp³-hybridized carbons (Fsp3) is 0.0952. The Hall–Kier alpha value is -3.16. The van der Waals surface area contributed by atoms with Crippen LogP contribution in [0.4, 0.5) is 5.69 Å². The molecule has 8 heteroatoms. The lowest BCUT2D eigenvalue weighted by Crippen LogP contribution is -2.41. The van der Waals surface area contributed by atoms with E-state index in [4.69, 9.17) is 11.6 Å². The topological polar surface area (TPSA) is 64.3 Å². The molecule has 0 fully saturated rings. The van der Waals surface area contributed by atoms with Crippen molar-refractivity contribution in [3.8, 4) is 5.69 Å². The zero-order chi connectivity index (χ0) is 20.5. The number of fused-ring (bicyclic) bond motifs is 1. The Morgan fingerprint density at radius 2 is 1.83 bits per heavy atom. The fourth-order valence-corrected chi connectivity index (χ4v) is 4.12. The number of halogens is 1. The Morgan fingerprint density at radius 1 is 1.07 bits per heavy atom. The second kappa shape index (κ2) is 7.69. The van der Waals surface area contributed by atoms with Crippen molar-refractivity contribution < 1.29 is 4.79 Å². The van der Waals surface area contributed by atoms with Gasteiger partial charge >= 0.3 is 5.69 Å². The van der Waals surface area contributed by atoms with Crippen LogP contribution in [0.25, 0.3) is 15.9 Å². The normalized spacial score (nSPS) is 11.0. The van der Waals surface area contributed by atoms with Gasteiger partial charge in [0.1, 0.15) is 11.2 Å². The quantitative estimate of drug-likeness (QED) is 0.502. The van der Waals surface area contributed by atoms with Crippen LogP contribution in [0.15, 0.2) is 75.6 Å². The number of nitrogens with zero attached hydrogens (tertiary/aromatic N) is 3. The van der Waals surface area contributed by atoms with E-state index in [0.29, 0.717) is 26.6 Å². The number of likely N-dealkylation sites (N-methyl/N-ethyl adjacent to an activating group) is 1. The highest BCUT2D eigenvalue weighted by atomic mass is 35.5. The Kier molecular flexibility index (Phi) is 5.08. The molecule has 0 saturated carbocycles. The van der Waals surface area contributed by atoms with Gasteiger partial charge in [-0.05, 0) is 41.8 Å². The number of carbonyl (C=O) groups is 1. The highest BCUT2D eigenvalue weighted by molar-refractivity contribution is 7.17. The minimum atomic E-state index is -0.556. The van der Waals surface area contributed by atoms with E-state index in [1.165, 1.54) is 20.8 Å². The molecule has 0 aliphatic carbocycles. The van der Waals surface area contributed by atoms with Crippen LogP contribution >= 0.6 is 22.9 Å². The molecule has 4 aromatic rings. The summed E-state index contributed by atoms with van der Waals surface area (Å²) in [6.45, 7) is -0.206. The average molecular weight is 426 g/mol. The molecule has 29 heavy (non-hydrogen) atoms. The number of anilines is 1. The number of rotatable bonds is 4. The van der Waals surface area contributed by atoms with E-state index in [1.807, 2.05) is 0 Å². The van der Waals surface area contributed by atoms with Crippen LogP contribution in [0.1, 0.15) is 0 Å². The summed E-state index contributed by atoms with van der Waals surface area (Å²) in [6.07, 6.45) is 0. The van der Waals surface area contributed by atoms with Crippen molar-refractivity contribution in [2.24, 2.45) is 0 Å². The van der Waals surface area contributed by atoms with Gasteiger partial charge in [-0.2, -0.15) is 0 Å². The Balaban J connectivity index is 1.82. The first-order chi connectivity index (χ1) is 14.0. The largest absolute Gasteiger partial charge is 0.336 e. The monoisotopic (exact) mass is 425 g/mol. The number of hydrogen-bond acceptors (Lipinski definition) is 4. The average Bonchev–Trinajstić information content (AvgIpc) is 3.21. The third kappa shape index (κ3) is 3.50. The summed E-state index contributed by atoms with van der Waals surface area (Å²) in [4.78, 5) is 40.4. The van der Waals surface area contributed by atoms with E-state index in [1.54, 1.807) is 73.1 Å². The summed E-state index contributed by atoms with van der Waals surface area (Å²) in [7, 11) is 1.62. The summed E-state index contributed by atoms with van der Waals surface area (Å²) >= 11 is 7.26. The molecule has 146 valence electrons. The first-order valence-corrected chi connectivity index (χ1v) is 10.0. The molecule has 0 saturated heterocycles. The van der Waals surface area contributed by atoms with Crippen LogP contribution in [0, 0.1) is 0 Å². The summed E-state index contributed by atoms with van der Waals surface area (Å²) < 4.78 is 2.86. The van der Waals surface area contributed by atoms with Crippen molar-refractivity contribution >= 4 is 44.7 Å². The number of para-hydroxylation sites is 1. The van der Waals surface area contributed by atoms with Crippen molar-refractivity contribution in [1.82, 2.24) is 9.13 Å². The van der Waals surface area contributed by atoms with Crippen LogP contribution in [-0.4, -0.2) is 22.1 Å². The first kappa shape index (κ1) is 19.2. The van der Waals surface area contributed by atoms with Crippen molar-refractivity contribution in [1.29, 1.82) is 0 Å². The Bertz CT molecular complexity index is 1320. The maximum atomic E-state index is 13.2. The molecule has 0 atom stereocenters. The Labute approximate surface area is 174 Å². The molecule has 0 radical (unpaired) electrons. The standard InChI is InChI=1S/C21H16ClN3O3S/c1-23(16-9-5-6-14(22)12-16)18(26)13-24-17-10-11-29-19(17)20(27)25(21(24)28)15-7-3-2-4-8-15/h2-12H,13H2,1H3. The Morgan fingerprint density at radius 3 is 2.55 bits per heavy atom. The minimum Gasteiger partial charge on any atom is -0.314 e. The summed E-state index contributed by atoms with van der Waals surface area (Å²) in [6, 6.07) is 17.3. The molecule has 2 heterocycles. The number of aromatic nitrogens is 2. The maximum Gasteiger partial charge on any atom is 0.336 e. The first-order valence-electron chi connectivity index (χ1n) is 8.78. The van der Waals surface area contributed by atoms with Gasteiger partial charge in [-0.3, -0.25) is 14.2 Å². The van der Waals surface area contributed by atoms with E-state index in [-0.39, 0.29) is 12.5 Å². The molecular formula is C21H16ClN3O3S. The lowest BCUT2D eigenvalue weighted by atomic mass is 10.3. The predicted molar refractivity (Wildman–Crippen MR) is 117 cm³/mol. The van der Waals surface area contributed by atoms with Gasteiger partial charge in [0.2, 0.25) is 5.91 Å². The van der Waals surface area contributed by atoms with Crippen LogP contribution in [0.5, 0.6) is 0 Å². The third-order valence-corrected chi connectivity index (χ3v) is 5.76. The second-order valence-electron chi connectivity index (χ2n) is 6.41. The van der Waals surface area contributed by atoms with Crippen molar-refractivity contribution in [2.45, 2.75) is 6.54 Å². The summed E-state index contributed by atoms with van der Waals surface area (Å²) in [5.41, 5.74) is 0.582. The van der Waals surface area contributed by atoms with E-state index in [9.17, 15) is 14.4 Å². The molecule has 2 aromatic heterocycles. The van der Waals surface area contributed by atoms with Crippen molar-refractivity contribution in [2.75, 3.05) is 11.9 Å². The zero-order valence-electron chi connectivity index (χ0n) is 15.4. The van der Waals surface area contributed by atoms with E-state index in [2.05, 4.69) is 0 Å². The van der Waals surface area contributed by atoms with Gasteiger partial charge in [-0.25, -0.2) is 9.36 Å². The number of benzene rings is 2. The van der Waals surface area contributed by atoms with Crippen LogP contribution in [0.3, 0.4) is 0 Å². The number of carbonyl (C=O) groups excluding carboxylic acids is 1. The van der Waals surface area contributed by atoms with Gasteiger partial charge in [-0.1, -0.05) is 35.9 Å². The van der Waals surface area contributed by atoms with E-state index >= 15 is 0 Å². The molecule has 0 N–H and O–H groups in total. The van der Waals surface area contributed by atoms with Gasteiger partial charge in [0.05, 0.1) is 11.2 Å². The van der Waals surface area contributed by atoms with Crippen LogP contribution in [-0.2, 0) is 11.3 Å². The van der Waals surface area contributed by atoms with Crippen LogP contribution in [0.2, 0.25) is 5.02 Å². The molecule has 0 bridgehead atoms. The van der Waals surface area contributed by atoms with Crippen molar-refractivity contribution in [3.05, 3.63) is 91.9 Å². The third-order valence-electron chi connectivity index (χ3n) is 4.63. The van der Waals surface area contributed by atoms with E-state index in [0.717, 1.165) is 4.57 Å². The number of thiophene rings is 1. The molecule has 1 amide bonds. The number of amides is 1. The van der Waals surface area contributed by atoms with Crippen molar-refractivity contribution in [3.63, 3.8) is 0 Å². The van der Waals surface area contributed by atoms with Gasteiger partial charge in [0.15, 0.2) is 0 Å². The fourth-order valence-electron chi connectivity index (χ4n) is 3.11. The molecule has 0 spiro atoms. The maximum absolute atomic E-state index is 13.2. The zero-order valence-corrected chi connectivity index (χ0v) is 17.0. The smallest absolute Gasteiger partial charge is 0.314 e. The lowest BCUT2D eigenvalue weighted by molar-refractivity contribution is -0.118. The highest BCUT2D eigenvalue weighted by Gasteiger charge is 2.19. The molecule has 0 aliphatic heterocycles. The van der Waals surface area contributed by atoms with Crippen LogP contribution < -0.4 is 16.1 Å². The molecule has 4 rings (SSSR count). The predicted octanol–water partition coefficient (Wildman–Crippen LogP) is 3.53. The highest BCUT2D eigenvalue weighted by Crippen LogP contribution is 2.20. The molecule has 0 aliphatic rings. The molecule has 6 nitrogen and oxygen atoms in total. The molecule has 0 unspecified atom stereocenters. The minimum absolute atomic E-state index is 0.206. The lowest BCUT2D eigenvalue weighted by Gasteiger charge is -2.19. The SMILES string of the molecule is CN(C(=O)Cn1c(=O)n(-c2ccccc2)c(=O)c2sccc21)c1cccc(Cl)c1. The molecular weight excluding hydrogens is 410 g/mol. The van der Waals surface area contributed by atoms with E-state index < -0.39 is 11.2 Å². The van der Waals surface area contributed by atoms with Gasteiger partial charge in [0, 0.05) is 17.8 Å². The van der Waals surface area contributed by atoms with Gasteiger partial charge < -0.3 is 4.90 Å². The van der Waals surface area contributed by atoms with Gasteiger partial charge in [0.25, 0.3) is 5.56 Å². The number of hydrogen-bond donors (Lipinski definition) is 0. The summed E-state index contributed by atoms with van der Waals surface area (Å²) in [5.74, 6) is -0.305. The second-order valence-corrected chi connectivity index (χ2v) is 7.76.